The van der Waals surface area contributed by atoms with E-state index < -0.39 is 5.97 Å². The van der Waals surface area contributed by atoms with Crippen LogP contribution in [-0.2, 0) is 4.79 Å². The van der Waals surface area contributed by atoms with E-state index in [1.165, 1.54) is 62.8 Å². The summed E-state index contributed by atoms with van der Waals surface area (Å²) in [7, 11) is 0. The number of unbranched alkanes of at least 4 members (excludes halogenated alkanes) is 4. The second-order valence-electron chi connectivity index (χ2n) is 4.92. The maximum atomic E-state index is 8.89. The molecule has 0 rings (SSSR count). The molecule has 0 N–H and O–H groups in total. The first-order chi connectivity index (χ1) is 8.47. The van der Waals surface area contributed by atoms with Gasteiger partial charge >= 0.3 is 0 Å². The van der Waals surface area contributed by atoms with E-state index in [1.807, 2.05) is 0 Å². The zero-order valence-electron chi connectivity index (χ0n) is 13.1. The molecule has 0 aromatic carbocycles. The molecule has 0 spiro atoms. The van der Waals surface area contributed by atoms with Gasteiger partial charge in [0.2, 0.25) is 0 Å². The highest BCUT2D eigenvalue weighted by Gasteiger charge is 2.19. The molecule has 0 aromatic rings. The molecule has 0 fully saturated rings. The molecule has 3 nitrogen and oxygen atoms in total. The van der Waals surface area contributed by atoms with E-state index in [0.717, 1.165) is 6.92 Å². The van der Waals surface area contributed by atoms with Crippen LogP contribution in [0.5, 0.6) is 0 Å². The Balaban J connectivity index is 0. The molecular formula is C15H33NO2. The van der Waals surface area contributed by atoms with E-state index in [4.69, 9.17) is 9.90 Å². The van der Waals surface area contributed by atoms with E-state index in [2.05, 4.69) is 27.7 Å². The standard InChI is InChI=1S/C13H30N.C2H4O2/c1-5-9-10-11-12-13-14(6-2,7-3)8-4;1-2(3)4/h5-13H2,1-4H3;1H3,(H,3,4)/q+1;/p-1. The quantitative estimate of drug-likeness (QED) is 0.472. The number of quaternary nitrogens is 1. The number of carboxylic acid groups (broad SMARTS) is 1. The number of aliphatic carboxylic acids is 1. The Morgan fingerprint density at radius 2 is 1.28 bits per heavy atom. The van der Waals surface area contributed by atoms with Crippen molar-refractivity contribution in [3.8, 4) is 0 Å². The average Bonchev–Trinajstić information content (AvgIpc) is 2.34. The van der Waals surface area contributed by atoms with E-state index in [1.54, 1.807) is 0 Å². The van der Waals surface area contributed by atoms with Crippen molar-refractivity contribution in [1.82, 2.24) is 0 Å². The molecule has 0 heterocycles. The zero-order chi connectivity index (χ0) is 14.4. The predicted molar refractivity (Wildman–Crippen MR) is 76.2 cm³/mol. The SMILES string of the molecule is CC(=O)[O-].CCCCCCC[N+](CC)(CC)CC. The van der Waals surface area contributed by atoms with Crippen LogP contribution < -0.4 is 5.11 Å². The molecule has 110 valence electrons. The van der Waals surface area contributed by atoms with Gasteiger partial charge in [-0.25, -0.2) is 0 Å². The normalized spacial score (nSPS) is 10.7. The number of hydrogen-bond donors (Lipinski definition) is 0. The van der Waals surface area contributed by atoms with Gasteiger partial charge in [0.1, 0.15) is 0 Å². The molecule has 0 unspecified atom stereocenters. The number of carbonyl (C=O) groups is 1. The monoisotopic (exact) mass is 259 g/mol. The van der Waals surface area contributed by atoms with Gasteiger partial charge < -0.3 is 14.4 Å². The lowest BCUT2D eigenvalue weighted by Crippen LogP contribution is -2.48. The Labute approximate surface area is 114 Å². The minimum absolute atomic E-state index is 0.972. The van der Waals surface area contributed by atoms with Gasteiger partial charge in [-0.3, -0.25) is 0 Å². The lowest BCUT2D eigenvalue weighted by atomic mass is 10.1. The molecule has 0 bridgehead atoms. The van der Waals surface area contributed by atoms with E-state index >= 15 is 0 Å². The molecule has 0 radical (unpaired) electrons. The minimum atomic E-state index is -1.08. The molecule has 0 saturated carbocycles. The van der Waals surface area contributed by atoms with Crippen LogP contribution in [0.3, 0.4) is 0 Å². The highest BCUT2D eigenvalue weighted by Crippen LogP contribution is 2.10. The van der Waals surface area contributed by atoms with Crippen LogP contribution >= 0.6 is 0 Å². The average molecular weight is 259 g/mol. The molecule has 0 amide bonds. The molecule has 0 aliphatic rings. The van der Waals surface area contributed by atoms with Gasteiger partial charge in [-0.05, 0) is 40.5 Å². The second kappa shape index (κ2) is 12.9. The van der Waals surface area contributed by atoms with Crippen LogP contribution in [-0.4, -0.2) is 36.6 Å². The van der Waals surface area contributed by atoms with Crippen molar-refractivity contribution in [2.24, 2.45) is 0 Å². The molecular weight excluding hydrogens is 226 g/mol. The van der Waals surface area contributed by atoms with Crippen LogP contribution in [0.1, 0.15) is 66.7 Å². The summed E-state index contributed by atoms with van der Waals surface area (Å²) in [4.78, 5) is 8.89. The van der Waals surface area contributed by atoms with E-state index in [-0.39, 0.29) is 0 Å². The predicted octanol–water partition coefficient (Wildman–Crippen LogP) is 2.59. The van der Waals surface area contributed by atoms with Gasteiger partial charge in [0.15, 0.2) is 0 Å². The molecule has 0 atom stereocenters. The molecule has 18 heavy (non-hydrogen) atoms. The fourth-order valence-electron chi connectivity index (χ4n) is 2.20. The zero-order valence-corrected chi connectivity index (χ0v) is 13.1. The van der Waals surface area contributed by atoms with Crippen molar-refractivity contribution >= 4 is 5.97 Å². The van der Waals surface area contributed by atoms with Crippen molar-refractivity contribution in [3.63, 3.8) is 0 Å². The third-order valence-corrected chi connectivity index (χ3v) is 3.75. The van der Waals surface area contributed by atoms with E-state index in [0.29, 0.717) is 0 Å². The lowest BCUT2D eigenvalue weighted by molar-refractivity contribution is -0.923. The van der Waals surface area contributed by atoms with Crippen LogP contribution in [0.15, 0.2) is 0 Å². The van der Waals surface area contributed by atoms with Gasteiger partial charge in [-0.2, -0.15) is 0 Å². The Morgan fingerprint density at radius 3 is 1.61 bits per heavy atom. The molecule has 0 aromatic heterocycles. The van der Waals surface area contributed by atoms with Crippen molar-refractivity contribution in [2.75, 3.05) is 26.2 Å². The number of carboxylic acids is 1. The summed E-state index contributed by atoms with van der Waals surface area (Å²) in [5.74, 6) is -1.08. The van der Waals surface area contributed by atoms with Gasteiger partial charge in [-0.15, -0.1) is 0 Å². The Kier molecular flexibility index (Phi) is 14.1. The first-order valence-corrected chi connectivity index (χ1v) is 7.50. The lowest BCUT2D eigenvalue weighted by Gasteiger charge is -2.35. The first kappa shape index (κ1) is 19.8. The second-order valence-corrected chi connectivity index (χ2v) is 4.92. The Morgan fingerprint density at radius 1 is 0.889 bits per heavy atom. The summed E-state index contributed by atoms with van der Waals surface area (Å²) < 4.78 is 1.33. The van der Waals surface area contributed by atoms with Crippen molar-refractivity contribution in [3.05, 3.63) is 0 Å². The van der Waals surface area contributed by atoms with Gasteiger partial charge in [0, 0.05) is 5.97 Å². The molecule has 3 heteroatoms. The highest BCUT2D eigenvalue weighted by atomic mass is 16.4. The fraction of sp³-hybridized carbons (Fsp3) is 0.933. The van der Waals surface area contributed by atoms with Gasteiger partial charge in [0.25, 0.3) is 0 Å². The number of carbonyl (C=O) groups excluding carboxylic acids is 1. The number of rotatable bonds is 9. The molecule has 0 aliphatic heterocycles. The third-order valence-electron chi connectivity index (χ3n) is 3.75. The minimum Gasteiger partial charge on any atom is -0.550 e. The maximum absolute atomic E-state index is 8.89. The molecule has 0 aliphatic carbocycles. The van der Waals surface area contributed by atoms with Crippen molar-refractivity contribution in [2.45, 2.75) is 66.7 Å². The topological polar surface area (TPSA) is 40.1 Å². The summed E-state index contributed by atoms with van der Waals surface area (Å²) in [6.45, 7) is 15.6. The summed E-state index contributed by atoms with van der Waals surface area (Å²) in [6.07, 6.45) is 7.08. The maximum Gasteiger partial charge on any atom is 0.0786 e. The van der Waals surface area contributed by atoms with Crippen LogP contribution in [0, 0.1) is 0 Å². The van der Waals surface area contributed by atoms with Crippen molar-refractivity contribution < 1.29 is 14.4 Å². The van der Waals surface area contributed by atoms with Gasteiger partial charge in [-0.1, -0.05) is 26.2 Å². The highest BCUT2D eigenvalue weighted by molar-refractivity contribution is 5.60. The van der Waals surface area contributed by atoms with E-state index in [9.17, 15) is 0 Å². The summed E-state index contributed by atoms with van der Waals surface area (Å²) in [6, 6.07) is 0. The third kappa shape index (κ3) is 11.9. The largest absolute Gasteiger partial charge is 0.550 e. The van der Waals surface area contributed by atoms with Crippen LogP contribution in [0.4, 0.5) is 0 Å². The van der Waals surface area contributed by atoms with Crippen molar-refractivity contribution in [1.29, 1.82) is 0 Å². The van der Waals surface area contributed by atoms with Gasteiger partial charge in [0.05, 0.1) is 26.2 Å². The van der Waals surface area contributed by atoms with Crippen LogP contribution in [0.25, 0.3) is 0 Å². The first-order valence-electron chi connectivity index (χ1n) is 7.50. The summed E-state index contributed by atoms with van der Waals surface area (Å²) >= 11 is 0. The fourth-order valence-corrected chi connectivity index (χ4v) is 2.20. The van der Waals surface area contributed by atoms with Crippen LogP contribution in [0.2, 0.25) is 0 Å². The Hall–Kier alpha value is -0.570. The summed E-state index contributed by atoms with van der Waals surface area (Å²) in [5.41, 5.74) is 0. The smallest absolute Gasteiger partial charge is 0.0786 e. The number of nitrogens with zero attached hydrogens (tertiary/aromatic N) is 1. The number of hydrogen-bond acceptors (Lipinski definition) is 2. The molecule has 0 saturated heterocycles. The Bertz CT molecular complexity index is 177. The summed E-state index contributed by atoms with van der Waals surface area (Å²) in [5, 5.41) is 8.89.